The normalized spacial score (nSPS) is 14.8. The van der Waals surface area contributed by atoms with Gasteiger partial charge in [0.1, 0.15) is 6.61 Å². The zero-order valence-electron chi connectivity index (χ0n) is 15.0. The molecule has 1 aliphatic heterocycles. The second-order valence-corrected chi connectivity index (χ2v) is 6.39. The summed E-state index contributed by atoms with van der Waals surface area (Å²) in [4.78, 5) is 25.6. The van der Waals surface area contributed by atoms with Crippen molar-refractivity contribution in [2.75, 3.05) is 19.8 Å². The quantitative estimate of drug-likeness (QED) is 0.392. The number of imide groups is 1. The second kappa shape index (κ2) is 9.56. The molecule has 0 atom stereocenters. The van der Waals surface area contributed by atoms with E-state index in [1.54, 1.807) is 18.2 Å². The van der Waals surface area contributed by atoms with Crippen molar-refractivity contribution in [3.8, 4) is 36.2 Å². The highest BCUT2D eigenvalue weighted by Gasteiger charge is 2.34. The Balaban J connectivity index is 2.47. The molecule has 0 bridgehead atoms. The lowest BCUT2D eigenvalue weighted by Gasteiger charge is -2.15. The van der Waals surface area contributed by atoms with Crippen LogP contribution in [0.25, 0.3) is 6.08 Å². The molecule has 0 unspecified atom stereocenters. The van der Waals surface area contributed by atoms with Gasteiger partial charge in [-0.15, -0.1) is 19.4 Å². The van der Waals surface area contributed by atoms with Gasteiger partial charge in [0.05, 0.1) is 18.1 Å². The first-order valence-electron chi connectivity index (χ1n) is 8.21. The zero-order valence-corrected chi connectivity index (χ0v) is 15.8. The Morgan fingerprint density at radius 1 is 1.26 bits per heavy atom. The van der Waals surface area contributed by atoms with Crippen molar-refractivity contribution >= 4 is 29.0 Å². The maximum atomic E-state index is 12.4. The summed E-state index contributed by atoms with van der Waals surface area (Å²) >= 11 is 0.857. The van der Waals surface area contributed by atoms with E-state index in [0.717, 1.165) is 22.2 Å². The van der Waals surface area contributed by atoms with Gasteiger partial charge in [-0.25, -0.2) is 0 Å². The molecule has 0 N–H and O–H groups in total. The maximum Gasteiger partial charge on any atom is 0.294 e. The molecule has 0 spiro atoms. The minimum atomic E-state index is -0.404. The van der Waals surface area contributed by atoms with E-state index >= 15 is 0 Å². The summed E-state index contributed by atoms with van der Waals surface area (Å²) < 4.78 is 11.3. The number of ether oxygens (including phenoxy) is 2. The molecular weight excluding hydrogens is 362 g/mol. The largest absolute Gasteiger partial charge is 0.490 e. The molecule has 0 aromatic heterocycles. The predicted octanol–water partition coefficient (Wildman–Crippen LogP) is 3.50. The number of carbonyl (C=O) groups excluding carboxylic acids is 2. The van der Waals surface area contributed by atoms with Gasteiger partial charge in [-0.1, -0.05) is 17.9 Å². The second-order valence-electron chi connectivity index (χ2n) is 5.40. The molecule has 1 saturated heterocycles. The summed E-state index contributed by atoms with van der Waals surface area (Å²) in [5, 5.41) is -0.380. The SMILES string of the molecule is C#CCOc1c(CC=C)cc(/C=C2/SC(=O)N(CC#C)C2=O)cc1OCC. The van der Waals surface area contributed by atoms with Gasteiger partial charge in [0.15, 0.2) is 11.5 Å². The molecular formula is C21H19NO4S. The van der Waals surface area contributed by atoms with E-state index in [0.29, 0.717) is 35.0 Å². The predicted molar refractivity (Wildman–Crippen MR) is 107 cm³/mol. The highest BCUT2D eigenvalue weighted by molar-refractivity contribution is 8.18. The molecule has 1 aromatic carbocycles. The molecule has 0 saturated carbocycles. The molecule has 2 amide bonds. The third-order valence-electron chi connectivity index (χ3n) is 3.54. The fourth-order valence-corrected chi connectivity index (χ4v) is 3.33. The van der Waals surface area contributed by atoms with Crippen LogP contribution in [0.5, 0.6) is 11.5 Å². The molecule has 6 heteroatoms. The minimum Gasteiger partial charge on any atom is -0.490 e. The van der Waals surface area contributed by atoms with Crippen molar-refractivity contribution in [2.45, 2.75) is 13.3 Å². The Morgan fingerprint density at radius 2 is 2.04 bits per heavy atom. The zero-order chi connectivity index (χ0) is 19.8. The third-order valence-corrected chi connectivity index (χ3v) is 4.45. The van der Waals surface area contributed by atoms with Gasteiger partial charge < -0.3 is 9.47 Å². The lowest BCUT2D eigenvalue weighted by molar-refractivity contribution is -0.122. The first-order valence-corrected chi connectivity index (χ1v) is 9.03. The summed E-state index contributed by atoms with van der Waals surface area (Å²) in [5.74, 6) is 5.41. The summed E-state index contributed by atoms with van der Waals surface area (Å²) in [6, 6.07) is 3.60. The van der Waals surface area contributed by atoms with Crippen LogP contribution in [-0.2, 0) is 11.2 Å². The summed E-state index contributed by atoms with van der Waals surface area (Å²) in [5.41, 5.74) is 1.52. The van der Waals surface area contributed by atoms with Crippen molar-refractivity contribution < 1.29 is 19.1 Å². The van der Waals surface area contributed by atoms with Gasteiger partial charge in [0.2, 0.25) is 0 Å². The highest BCUT2D eigenvalue weighted by atomic mass is 32.2. The average molecular weight is 381 g/mol. The van der Waals surface area contributed by atoms with Gasteiger partial charge in [0.25, 0.3) is 11.1 Å². The van der Waals surface area contributed by atoms with E-state index in [-0.39, 0.29) is 18.4 Å². The molecule has 1 fully saturated rings. The molecule has 1 heterocycles. The van der Waals surface area contributed by atoms with Crippen LogP contribution in [0, 0.1) is 24.7 Å². The molecule has 0 aliphatic carbocycles. The molecule has 1 aliphatic rings. The first kappa shape index (κ1) is 20.2. The lowest BCUT2D eigenvalue weighted by atomic mass is 10.0. The fraction of sp³-hybridized carbons (Fsp3) is 0.238. The third kappa shape index (κ3) is 4.75. The fourth-order valence-electron chi connectivity index (χ4n) is 2.49. The Hall–Kier alpha value is -3.09. The smallest absolute Gasteiger partial charge is 0.294 e. The number of amides is 2. The Bertz CT molecular complexity index is 873. The number of hydrogen-bond acceptors (Lipinski definition) is 5. The van der Waals surface area contributed by atoms with Crippen LogP contribution in [0.15, 0.2) is 29.7 Å². The molecule has 1 aromatic rings. The van der Waals surface area contributed by atoms with Crippen molar-refractivity contribution in [1.29, 1.82) is 0 Å². The van der Waals surface area contributed by atoms with Crippen LogP contribution in [0.4, 0.5) is 4.79 Å². The number of carbonyl (C=O) groups is 2. The number of nitrogens with zero attached hydrogens (tertiary/aromatic N) is 1. The average Bonchev–Trinajstić information content (AvgIpc) is 2.89. The number of allylic oxidation sites excluding steroid dienone is 1. The van der Waals surface area contributed by atoms with Crippen molar-refractivity contribution in [3.63, 3.8) is 0 Å². The maximum absolute atomic E-state index is 12.4. The van der Waals surface area contributed by atoms with E-state index in [2.05, 4.69) is 18.4 Å². The summed E-state index contributed by atoms with van der Waals surface area (Å²) in [6.45, 7) is 6.10. The molecule has 27 heavy (non-hydrogen) atoms. The molecule has 0 radical (unpaired) electrons. The molecule has 5 nitrogen and oxygen atoms in total. The Morgan fingerprint density at radius 3 is 2.67 bits per heavy atom. The van der Waals surface area contributed by atoms with Crippen LogP contribution < -0.4 is 9.47 Å². The first-order chi connectivity index (χ1) is 13.0. The number of rotatable bonds is 8. The van der Waals surface area contributed by atoms with Gasteiger partial charge >= 0.3 is 0 Å². The van der Waals surface area contributed by atoms with Crippen LogP contribution in [0.1, 0.15) is 18.1 Å². The van der Waals surface area contributed by atoms with Crippen molar-refractivity contribution in [1.82, 2.24) is 4.90 Å². The van der Waals surface area contributed by atoms with E-state index in [1.165, 1.54) is 0 Å². The van der Waals surface area contributed by atoms with Crippen molar-refractivity contribution in [2.24, 2.45) is 0 Å². The van der Waals surface area contributed by atoms with Crippen LogP contribution >= 0.6 is 11.8 Å². The molecule has 2 rings (SSSR count). The monoisotopic (exact) mass is 381 g/mol. The Kier molecular flexibility index (Phi) is 7.16. The van der Waals surface area contributed by atoms with E-state index < -0.39 is 5.91 Å². The number of hydrogen-bond donors (Lipinski definition) is 0. The topological polar surface area (TPSA) is 55.8 Å². The van der Waals surface area contributed by atoms with E-state index in [9.17, 15) is 9.59 Å². The van der Waals surface area contributed by atoms with Gasteiger partial charge in [-0.3, -0.25) is 14.5 Å². The summed E-state index contributed by atoms with van der Waals surface area (Å²) in [7, 11) is 0. The number of terminal acetylenes is 2. The van der Waals surface area contributed by atoms with Crippen LogP contribution in [-0.4, -0.2) is 35.8 Å². The Labute approximate surface area is 163 Å². The highest BCUT2D eigenvalue weighted by Crippen LogP contribution is 2.37. The van der Waals surface area contributed by atoms with Crippen LogP contribution in [0.2, 0.25) is 0 Å². The van der Waals surface area contributed by atoms with Gasteiger partial charge in [0, 0.05) is 5.56 Å². The number of thioether (sulfide) groups is 1. The number of benzene rings is 1. The molecule has 138 valence electrons. The standard InChI is InChI=1S/C21H19NO4S/c1-5-9-16-12-15(13-17(25-8-4)19(16)26-11-7-3)14-18-20(23)22(10-6-2)21(24)27-18/h2-3,5,12-14H,1,8-11H2,4H3/b18-14+. The lowest BCUT2D eigenvalue weighted by Crippen LogP contribution is -2.28. The van der Waals surface area contributed by atoms with Crippen LogP contribution in [0.3, 0.4) is 0 Å². The van der Waals surface area contributed by atoms with Gasteiger partial charge in [-0.2, -0.15) is 0 Å². The van der Waals surface area contributed by atoms with Gasteiger partial charge in [-0.05, 0) is 48.9 Å². The summed E-state index contributed by atoms with van der Waals surface area (Å²) in [6.07, 6.45) is 14.4. The van der Waals surface area contributed by atoms with E-state index in [4.69, 9.17) is 22.3 Å². The minimum absolute atomic E-state index is 0.0488. The van der Waals surface area contributed by atoms with Crippen molar-refractivity contribution in [3.05, 3.63) is 40.8 Å². The van der Waals surface area contributed by atoms with E-state index in [1.807, 2.05) is 13.0 Å².